The maximum absolute atomic E-state index is 10.3. The number of nitrogens with two attached hydrogens (primary N) is 1. The Kier molecular flexibility index (Phi) is 3.46. The standard InChI is InChI=1S/C14H16N6O4/c15-12-9-6(7-1-2-18-19-7)3-20(13(9)17-5-16-12)14-11(23)10(22)8(4-21)24-14/h1-3,5,8,10-11,14,21-23H,4H2,(H,18,19)(H2,15,16,17). The minimum absolute atomic E-state index is 0.273. The molecule has 10 heteroatoms. The highest BCUT2D eigenvalue weighted by molar-refractivity contribution is 5.99. The van der Waals surface area contributed by atoms with Crippen LogP contribution in [0.5, 0.6) is 0 Å². The molecule has 0 aliphatic carbocycles. The molecule has 4 heterocycles. The van der Waals surface area contributed by atoms with Gasteiger partial charge in [-0.25, -0.2) is 9.97 Å². The van der Waals surface area contributed by atoms with Crippen LogP contribution in [-0.2, 0) is 4.74 Å². The van der Waals surface area contributed by atoms with E-state index in [-0.39, 0.29) is 5.82 Å². The van der Waals surface area contributed by atoms with Gasteiger partial charge < -0.3 is 30.4 Å². The van der Waals surface area contributed by atoms with Gasteiger partial charge in [0.15, 0.2) is 6.23 Å². The predicted molar refractivity (Wildman–Crippen MR) is 82.5 cm³/mol. The molecule has 10 nitrogen and oxygen atoms in total. The number of nitrogens with zero attached hydrogens (tertiary/aromatic N) is 4. The number of anilines is 1. The molecule has 4 atom stereocenters. The number of hydrogen-bond acceptors (Lipinski definition) is 8. The molecular weight excluding hydrogens is 316 g/mol. The van der Waals surface area contributed by atoms with E-state index in [0.29, 0.717) is 22.3 Å². The van der Waals surface area contributed by atoms with Gasteiger partial charge >= 0.3 is 0 Å². The summed E-state index contributed by atoms with van der Waals surface area (Å²) in [6, 6.07) is 1.77. The Hall–Kier alpha value is -2.53. The van der Waals surface area contributed by atoms with Gasteiger partial charge in [-0.1, -0.05) is 0 Å². The van der Waals surface area contributed by atoms with Crippen LogP contribution in [0.15, 0.2) is 24.8 Å². The summed E-state index contributed by atoms with van der Waals surface area (Å²) >= 11 is 0. The van der Waals surface area contributed by atoms with Crippen molar-refractivity contribution in [3.8, 4) is 11.3 Å². The molecule has 1 saturated heterocycles. The molecule has 0 bridgehead atoms. The number of aromatic amines is 1. The van der Waals surface area contributed by atoms with Crippen molar-refractivity contribution in [3.63, 3.8) is 0 Å². The maximum Gasteiger partial charge on any atom is 0.164 e. The first-order valence-electron chi connectivity index (χ1n) is 7.35. The van der Waals surface area contributed by atoms with Crippen LogP contribution in [0, 0.1) is 0 Å². The molecule has 3 aromatic rings. The summed E-state index contributed by atoms with van der Waals surface area (Å²) in [4.78, 5) is 8.24. The van der Waals surface area contributed by atoms with Crippen LogP contribution in [0.3, 0.4) is 0 Å². The maximum atomic E-state index is 10.3. The van der Waals surface area contributed by atoms with E-state index in [1.54, 1.807) is 23.0 Å². The topological polar surface area (TPSA) is 155 Å². The number of aliphatic hydroxyl groups is 3. The number of hydrogen-bond donors (Lipinski definition) is 5. The van der Waals surface area contributed by atoms with Gasteiger partial charge in [-0.2, -0.15) is 5.10 Å². The van der Waals surface area contributed by atoms with E-state index in [1.165, 1.54) is 6.33 Å². The number of aromatic nitrogens is 5. The summed E-state index contributed by atoms with van der Waals surface area (Å²) in [6.45, 7) is -0.404. The molecule has 1 fully saturated rings. The summed E-state index contributed by atoms with van der Waals surface area (Å²) in [6.07, 6.45) is 0.402. The lowest BCUT2D eigenvalue weighted by Gasteiger charge is -2.17. The number of aliphatic hydroxyl groups excluding tert-OH is 3. The third kappa shape index (κ3) is 2.08. The summed E-state index contributed by atoms with van der Waals surface area (Å²) in [7, 11) is 0. The van der Waals surface area contributed by atoms with Gasteiger partial charge in [-0.3, -0.25) is 5.10 Å². The summed E-state index contributed by atoms with van der Waals surface area (Å²) in [5, 5.41) is 36.9. The smallest absolute Gasteiger partial charge is 0.164 e. The summed E-state index contributed by atoms with van der Waals surface area (Å²) in [5.41, 5.74) is 7.84. The highest BCUT2D eigenvalue weighted by Crippen LogP contribution is 2.37. The van der Waals surface area contributed by atoms with Gasteiger partial charge in [0.1, 0.15) is 36.1 Å². The van der Waals surface area contributed by atoms with Crippen LogP contribution in [0.25, 0.3) is 22.3 Å². The van der Waals surface area contributed by atoms with Crippen molar-refractivity contribution in [2.45, 2.75) is 24.5 Å². The van der Waals surface area contributed by atoms with Crippen molar-refractivity contribution in [2.75, 3.05) is 12.3 Å². The van der Waals surface area contributed by atoms with Crippen molar-refractivity contribution >= 4 is 16.9 Å². The second-order valence-electron chi connectivity index (χ2n) is 5.61. The summed E-state index contributed by atoms with van der Waals surface area (Å²) in [5.74, 6) is 0.273. The molecule has 4 unspecified atom stereocenters. The van der Waals surface area contributed by atoms with Gasteiger partial charge in [0.25, 0.3) is 0 Å². The average molecular weight is 332 g/mol. The Morgan fingerprint density at radius 1 is 1.29 bits per heavy atom. The number of fused-ring (bicyclic) bond motifs is 1. The minimum Gasteiger partial charge on any atom is -0.394 e. The highest BCUT2D eigenvalue weighted by atomic mass is 16.6. The number of rotatable bonds is 3. The number of H-pyrrole nitrogens is 1. The summed E-state index contributed by atoms with van der Waals surface area (Å²) < 4.78 is 7.16. The predicted octanol–water partition coefficient (Wildman–Crippen LogP) is -0.985. The van der Waals surface area contributed by atoms with Crippen molar-refractivity contribution in [2.24, 2.45) is 0 Å². The van der Waals surface area contributed by atoms with Crippen LogP contribution in [0.4, 0.5) is 5.82 Å². The fourth-order valence-electron chi connectivity index (χ4n) is 3.02. The molecule has 0 aromatic carbocycles. The molecule has 4 rings (SSSR count). The van der Waals surface area contributed by atoms with E-state index in [2.05, 4.69) is 20.2 Å². The molecule has 6 N–H and O–H groups in total. The minimum atomic E-state index is -1.22. The van der Waals surface area contributed by atoms with E-state index in [0.717, 1.165) is 0 Å². The quantitative estimate of drug-likeness (QED) is 0.409. The monoisotopic (exact) mass is 332 g/mol. The van der Waals surface area contributed by atoms with Crippen LogP contribution < -0.4 is 5.73 Å². The molecule has 1 aliphatic rings. The van der Waals surface area contributed by atoms with Gasteiger partial charge in [0, 0.05) is 18.0 Å². The Morgan fingerprint density at radius 3 is 2.79 bits per heavy atom. The lowest BCUT2D eigenvalue weighted by molar-refractivity contribution is -0.0508. The lowest BCUT2D eigenvalue weighted by atomic mass is 10.1. The van der Waals surface area contributed by atoms with E-state index in [9.17, 15) is 15.3 Å². The van der Waals surface area contributed by atoms with Gasteiger partial charge in [0.2, 0.25) is 0 Å². The molecule has 1 aliphatic heterocycles. The highest BCUT2D eigenvalue weighted by Gasteiger charge is 2.44. The van der Waals surface area contributed by atoms with Gasteiger partial charge in [-0.15, -0.1) is 0 Å². The first-order chi connectivity index (χ1) is 11.6. The zero-order valence-corrected chi connectivity index (χ0v) is 12.4. The second-order valence-corrected chi connectivity index (χ2v) is 5.61. The third-order valence-corrected chi connectivity index (χ3v) is 4.22. The van der Waals surface area contributed by atoms with E-state index in [4.69, 9.17) is 10.5 Å². The van der Waals surface area contributed by atoms with E-state index < -0.39 is 31.1 Å². The molecular formula is C14H16N6O4. The van der Waals surface area contributed by atoms with E-state index >= 15 is 0 Å². The zero-order valence-electron chi connectivity index (χ0n) is 12.4. The van der Waals surface area contributed by atoms with Crippen molar-refractivity contribution < 1.29 is 20.1 Å². The SMILES string of the molecule is Nc1ncnc2c1c(-c1ccn[nH]1)cn2C1OC(CO)C(O)C1O. The second kappa shape index (κ2) is 5.53. The molecule has 0 amide bonds. The fourth-order valence-corrected chi connectivity index (χ4v) is 3.02. The molecule has 24 heavy (non-hydrogen) atoms. The Bertz CT molecular complexity index is 864. The fraction of sp³-hybridized carbons (Fsp3) is 0.357. The first kappa shape index (κ1) is 15.0. The third-order valence-electron chi connectivity index (χ3n) is 4.22. The number of nitrogens with one attached hydrogen (secondary N) is 1. The van der Waals surface area contributed by atoms with Crippen LogP contribution >= 0.6 is 0 Å². The van der Waals surface area contributed by atoms with Crippen molar-refractivity contribution in [1.29, 1.82) is 0 Å². The molecule has 126 valence electrons. The lowest BCUT2D eigenvalue weighted by Crippen LogP contribution is -2.33. The molecule has 3 aromatic heterocycles. The Morgan fingerprint density at radius 2 is 2.12 bits per heavy atom. The first-order valence-corrected chi connectivity index (χ1v) is 7.35. The molecule has 0 spiro atoms. The number of nitrogen functional groups attached to an aromatic ring is 1. The Labute approximate surface area is 135 Å². The van der Waals surface area contributed by atoms with Crippen molar-refractivity contribution in [1.82, 2.24) is 24.7 Å². The van der Waals surface area contributed by atoms with Crippen molar-refractivity contribution in [3.05, 3.63) is 24.8 Å². The van der Waals surface area contributed by atoms with E-state index in [1.807, 2.05) is 0 Å². The van der Waals surface area contributed by atoms with Gasteiger partial charge in [0.05, 0.1) is 17.7 Å². The number of ether oxygens (including phenoxy) is 1. The largest absolute Gasteiger partial charge is 0.394 e. The van der Waals surface area contributed by atoms with Crippen LogP contribution in [0.1, 0.15) is 6.23 Å². The normalized spacial score (nSPS) is 27.1. The van der Waals surface area contributed by atoms with Crippen LogP contribution in [0.2, 0.25) is 0 Å². The molecule has 0 radical (unpaired) electrons. The van der Waals surface area contributed by atoms with Crippen LogP contribution in [-0.4, -0.2) is 65.0 Å². The zero-order chi connectivity index (χ0) is 16.8. The Balaban J connectivity index is 1.90. The molecule has 0 saturated carbocycles. The van der Waals surface area contributed by atoms with Gasteiger partial charge in [-0.05, 0) is 6.07 Å². The average Bonchev–Trinajstić information content (AvgIpc) is 3.28.